The number of aliphatic imine (C=N–C) groups is 1. The van der Waals surface area contributed by atoms with Gasteiger partial charge in [-0.15, -0.1) is 24.0 Å². The van der Waals surface area contributed by atoms with Crippen molar-refractivity contribution in [2.24, 2.45) is 4.99 Å². The number of anilines is 1. The summed E-state index contributed by atoms with van der Waals surface area (Å²) in [6, 6.07) is 11.8. The van der Waals surface area contributed by atoms with Crippen LogP contribution in [0.4, 0.5) is 5.82 Å². The van der Waals surface area contributed by atoms with E-state index in [1.165, 1.54) is 0 Å². The van der Waals surface area contributed by atoms with Crippen LogP contribution in [0.5, 0.6) is 0 Å². The predicted molar refractivity (Wildman–Crippen MR) is 133 cm³/mol. The van der Waals surface area contributed by atoms with Crippen LogP contribution in [0.25, 0.3) is 5.69 Å². The van der Waals surface area contributed by atoms with E-state index < -0.39 is 0 Å². The topological polar surface area (TPSA) is 104 Å². The minimum absolute atomic E-state index is 0. The van der Waals surface area contributed by atoms with E-state index in [4.69, 9.17) is 5.73 Å². The Labute approximate surface area is 194 Å². The quantitative estimate of drug-likeness (QED) is 0.211. The third-order valence-electron chi connectivity index (χ3n) is 4.45. The number of benzene rings is 1. The summed E-state index contributed by atoms with van der Waals surface area (Å²) in [4.78, 5) is 4.25. The van der Waals surface area contributed by atoms with Crippen LogP contribution in [0.2, 0.25) is 0 Å². The summed E-state index contributed by atoms with van der Waals surface area (Å²) in [7, 11) is 1.76. The Morgan fingerprint density at radius 1 is 1.31 bits per heavy atom. The molecule has 0 amide bonds. The van der Waals surface area contributed by atoms with Gasteiger partial charge in [0.25, 0.3) is 0 Å². The number of nitrogen functional groups attached to an aromatic ring is 1. The lowest BCUT2D eigenvalue weighted by Crippen LogP contribution is -2.43. The summed E-state index contributed by atoms with van der Waals surface area (Å²) in [5, 5.41) is 20.7. The number of nitrogens with one attached hydrogen (secondary N) is 2. The van der Waals surface area contributed by atoms with Gasteiger partial charge in [0.05, 0.1) is 11.4 Å². The van der Waals surface area contributed by atoms with Gasteiger partial charge < -0.3 is 16.4 Å². The summed E-state index contributed by atoms with van der Waals surface area (Å²) in [5.74, 6) is 1.16. The lowest BCUT2D eigenvalue weighted by atomic mass is 10.1. The number of nitrogens with zero attached hydrogens (tertiary/aromatic N) is 4. The second-order valence-corrected chi connectivity index (χ2v) is 8.50. The zero-order valence-electron chi connectivity index (χ0n) is 17.4. The van der Waals surface area contributed by atoms with E-state index in [1.54, 1.807) is 11.7 Å². The molecule has 1 heterocycles. The van der Waals surface area contributed by atoms with Crippen molar-refractivity contribution in [2.75, 3.05) is 32.1 Å². The molecule has 0 aliphatic carbocycles. The van der Waals surface area contributed by atoms with Crippen LogP contribution < -0.4 is 16.4 Å². The Bertz CT molecular complexity index is 841. The first-order valence-corrected chi connectivity index (χ1v) is 10.5. The molecule has 29 heavy (non-hydrogen) atoms. The molecule has 1 aromatic heterocycles. The van der Waals surface area contributed by atoms with Gasteiger partial charge in [-0.3, -0.25) is 4.99 Å². The van der Waals surface area contributed by atoms with Crippen molar-refractivity contribution in [3.63, 3.8) is 0 Å². The molecule has 0 aliphatic heterocycles. The number of aryl methyl sites for hydroxylation is 1. The Morgan fingerprint density at radius 3 is 2.59 bits per heavy atom. The molecular formula is C20H30IN7S. The zero-order valence-corrected chi connectivity index (χ0v) is 20.5. The number of para-hydroxylation sites is 1. The largest absolute Gasteiger partial charge is 0.382 e. The fourth-order valence-corrected chi connectivity index (χ4v) is 2.81. The number of thioether (sulfide) groups is 1. The molecular weight excluding hydrogens is 497 g/mol. The number of hydrogen-bond acceptors (Lipinski definition) is 5. The van der Waals surface area contributed by atoms with Crippen molar-refractivity contribution in [1.29, 1.82) is 5.26 Å². The van der Waals surface area contributed by atoms with Crippen LogP contribution in [-0.4, -0.2) is 46.9 Å². The number of aromatic nitrogens is 2. The normalized spacial score (nSPS) is 11.5. The molecule has 1 aromatic carbocycles. The molecule has 0 fully saturated rings. The molecule has 0 aliphatic rings. The number of guanidine groups is 1. The van der Waals surface area contributed by atoms with Gasteiger partial charge in [0, 0.05) is 24.9 Å². The van der Waals surface area contributed by atoms with E-state index in [9.17, 15) is 5.26 Å². The minimum atomic E-state index is 0. The highest BCUT2D eigenvalue weighted by Gasteiger charge is 2.17. The van der Waals surface area contributed by atoms with Crippen LogP contribution in [0.3, 0.4) is 0 Å². The number of nitrogens with two attached hydrogens (primary N) is 1. The van der Waals surface area contributed by atoms with Crippen LogP contribution in [0.15, 0.2) is 35.3 Å². The summed E-state index contributed by atoms with van der Waals surface area (Å²) >= 11 is 1.81. The van der Waals surface area contributed by atoms with E-state index in [2.05, 4.69) is 46.9 Å². The number of halogens is 1. The lowest BCUT2D eigenvalue weighted by Gasteiger charge is -2.23. The van der Waals surface area contributed by atoms with Gasteiger partial charge in [-0.2, -0.15) is 22.1 Å². The van der Waals surface area contributed by atoms with Crippen molar-refractivity contribution >= 4 is 47.5 Å². The molecule has 2 rings (SSSR count). The highest BCUT2D eigenvalue weighted by Crippen LogP contribution is 2.21. The maximum absolute atomic E-state index is 9.48. The van der Waals surface area contributed by atoms with E-state index >= 15 is 0 Å². The third-order valence-corrected chi connectivity index (χ3v) is 5.70. The van der Waals surface area contributed by atoms with Crippen molar-refractivity contribution in [2.45, 2.75) is 31.4 Å². The van der Waals surface area contributed by atoms with Gasteiger partial charge in [-0.25, -0.2) is 4.68 Å². The third kappa shape index (κ3) is 7.12. The average Bonchev–Trinajstić information content (AvgIpc) is 3.03. The Morgan fingerprint density at radius 2 is 2.00 bits per heavy atom. The van der Waals surface area contributed by atoms with Crippen LogP contribution in [0, 0.1) is 11.3 Å². The van der Waals surface area contributed by atoms with Crippen LogP contribution in [0.1, 0.15) is 31.5 Å². The van der Waals surface area contributed by atoms with Gasteiger partial charge in [-0.1, -0.05) is 18.2 Å². The average molecular weight is 527 g/mol. The molecule has 0 spiro atoms. The van der Waals surface area contributed by atoms with E-state index in [1.807, 2.05) is 42.1 Å². The van der Waals surface area contributed by atoms with Crippen LogP contribution >= 0.6 is 35.7 Å². The molecule has 0 saturated carbocycles. The number of rotatable bonds is 8. The summed E-state index contributed by atoms with van der Waals surface area (Å²) < 4.78 is 1.77. The SMILES string of the molecule is CN=C(NCCCc1nn(-c2ccccc2)c(N)c1C#N)NCC(C)(C)SC.I. The molecule has 0 saturated heterocycles. The second kappa shape index (κ2) is 11.9. The first kappa shape index (κ1) is 25.1. The first-order valence-electron chi connectivity index (χ1n) is 9.24. The molecule has 2 aromatic rings. The summed E-state index contributed by atoms with van der Waals surface area (Å²) in [6.07, 6.45) is 3.57. The zero-order chi connectivity index (χ0) is 20.6. The Kier molecular flexibility index (Phi) is 10.3. The van der Waals surface area contributed by atoms with E-state index in [-0.39, 0.29) is 28.7 Å². The Balaban J connectivity index is 0.00000420. The maximum Gasteiger partial charge on any atom is 0.191 e. The van der Waals surface area contributed by atoms with Gasteiger partial charge in [0.2, 0.25) is 0 Å². The standard InChI is InChI=1S/C20H29N7S.HI/c1-20(2,28-4)14-25-19(23-3)24-12-8-11-17-16(13-21)18(22)27(26-17)15-9-6-5-7-10-15;/h5-7,9-10H,8,11-12,14,22H2,1-4H3,(H2,23,24,25);1H. The highest BCUT2D eigenvalue weighted by molar-refractivity contribution is 14.0. The van der Waals surface area contributed by atoms with Crippen LogP contribution in [-0.2, 0) is 6.42 Å². The minimum Gasteiger partial charge on any atom is -0.382 e. The van der Waals surface area contributed by atoms with Crippen molar-refractivity contribution < 1.29 is 0 Å². The smallest absolute Gasteiger partial charge is 0.191 e. The fourth-order valence-electron chi connectivity index (χ4n) is 2.59. The molecule has 4 N–H and O–H groups in total. The molecule has 0 bridgehead atoms. The Hall–Kier alpha value is -1.93. The molecule has 0 atom stereocenters. The van der Waals surface area contributed by atoms with Gasteiger partial charge >= 0.3 is 0 Å². The molecule has 9 heteroatoms. The van der Waals surface area contributed by atoms with Crippen molar-refractivity contribution in [3.8, 4) is 11.8 Å². The first-order chi connectivity index (χ1) is 13.4. The van der Waals surface area contributed by atoms with Crippen molar-refractivity contribution in [1.82, 2.24) is 20.4 Å². The van der Waals surface area contributed by atoms with Gasteiger partial charge in [-0.05, 0) is 45.1 Å². The lowest BCUT2D eigenvalue weighted by molar-refractivity contribution is 0.657. The van der Waals surface area contributed by atoms with E-state index in [0.29, 0.717) is 17.8 Å². The summed E-state index contributed by atoms with van der Waals surface area (Å²) in [6.45, 7) is 5.93. The fraction of sp³-hybridized carbons (Fsp3) is 0.450. The maximum atomic E-state index is 9.48. The molecule has 0 unspecified atom stereocenters. The summed E-state index contributed by atoms with van der Waals surface area (Å²) in [5.41, 5.74) is 8.17. The van der Waals surface area contributed by atoms with Gasteiger partial charge in [0.1, 0.15) is 17.5 Å². The monoisotopic (exact) mass is 527 g/mol. The molecule has 158 valence electrons. The number of nitriles is 1. The van der Waals surface area contributed by atoms with E-state index in [0.717, 1.165) is 36.9 Å². The predicted octanol–water partition coefficient (Wildman–Crippen LogP) is 3.18. The highest BCUT2D eigenvalue weighted by atomic mass is 127. The second-order valence-electron chi connectivity index (χ2n) is 6.99. The molecule has 0 radical (unpaired) electrons. The van der Waals surface area contributed by atoms with Crippen molar-refractivity contribution in [3.05, 3.63) is 41.6 Å². The van der Waals surface area contributed by atoms with Gasteiger partial charge in [0.15, 0.2) is 5.96 Å². The molecule has 7 nitrogen and oxygen atoms in total. The number of hydrogen-bond donors (Lipinski definition) is 3.